The minimum Gasteiger partial charge on any atom is -0.477 e. The zero-order chi connectivity index (χ0) is 13.9. The predicted molar refractivity (Wildman–Crippen MR) is 81.7 cm³/mol. The van der Waals surface area contributed by atoms with Crippen molar-refractivity contribution >= 4 is 23.0 Å². The fourth-order valence-corrected chi connectivity index (χ4v) is 3.54. The van der Waals surface area contributed by atoms with Crippen molar-refractivity contribution in [2.75, 3.05) is 11.4 Å². The van der Waals surface area contributed by atoms with Gasteiger partial charge in [0.25, 0.3) is 0 Å². The lowest BCUT2D eigenvalue weighted by Crippen LogP contribution is -2.24. The topological polar surface area (TPSA) is 40.5 Å². The van der Waals surface area contributed by atoms with Crippen LogP contribution >= 0.6 is 11.3 Å². The summed E-state index contributed by atoms with van der Waals surface area (Å²) in [5.74, 6) is -0.821. The molecule has 0 atom stereocenters. The maximum absolute atomic E-state index is 11.2. The molecule has 0 saturated heterocycles. The van der Waals surface area contributed by atoms with Gasteiger partial charge in [0.05, 0.1) is 0 Å². The molecule has 4 heteroatoms. The highest BCUT2D eigenvalue weighted by Gasteiger charge is 2.18. The SMILES string of the molecule is O=C(O)c1sccc1CN1CCCCc2ccccc21. The van der Waals surface area contributed by atoms with Crippen LogP contribution in [-0.2, 0) is 13.0 Å². The fraction of sp³-hybridized carbons (Fsp3) is 0.312. The van der Waals surface area contributed by atoms with Gasteiger partial charge in [-0.2, -0.15) is 0 Å². The van der Waals surface area contributed by atoms with Gasteiger partial charge in [-0.15, -0.1) is 11.3 Å². The van der Waals surface area contributed by atoms with Crippen molar-refractivity contribution in [1.82, 2.24) is 0 Å². The Kier molecular flexibility index (Phi) is 3.74. The Bertz CT molecular complexity index is 620. The summed E-state index contributed by atoms with van der Waals surface area (Å²) in [5.41, 5.74) is 3.55. The molecular formula is C16H17NO2S. The first kappa shape index (κ1) is 13.2. The zero-order valence-electron chi connectivity index (χ0n) is 11.2. The molecule has 0 saturated carbocycles. The quantitative estimate of drug-likeness (QED) is 0.933. The van der Waals surface area contributed by atoms with E-state index in [1.54, 1.807) is 0 Å². The van der Waals surface area contributed by atoms with Crippen LogP contribution in [-0.4, -0.2) is 17.6 Å². The molecule has 0 unspecified atom stereocenters. The van der Waals surface area contributed by atoms with Crippen LogP contribution in [0.5, 0.6) is 0 Å². The second-order valence-corrected chi connectivity index (χ2v) is 6.00. The molecule has 0 aliphatic carbocycles. The van der Waals surface area contributed by atoms with E-state index >= 15 is 0 Å². The van der Waals surface area contributed by atoms with Gasteiger partial charge in [0.2, 0.25) is 0 Å². The number of fused-ring (bicyclic) bond motifs is 1. The number of carboxylic acid groups (broad SMARTS) is 1. The number of aryl methyl sites for hydroxylation is 1. The maximum atomic E-state index is 11.2. The lowest BCUT2D eigenvalue weighted by molar-refractivity contribution is 0.0701. The summed E-state index contributed by atoms with van der Waals surface area (Å²) in [6.45, 7) is 1.67. The molecule has 104 valence electrons. The number of carbonyl (C=O) groups is 1. The molecule has 1 aromatic heterocycles. The van der Waals surface area contributed by atoms with Crippen LogP contribution in [0.4, 0.5) is 5.69 Å². The normalized spacial score (nSPS) is 14.7. The molecule has 1 aliphatic rings. The summed E-state index contributed by atoms with van der Waals surface area (Å²) >= 11 is 1.31. The second-order valence-electron chi connectivity index (χ2n) is 5.09. The maximum Gasteiger partial charge on any atom is 0.346 e. The Morgan fingerprint density at radius 2 is 2.10 bits per heavy atom. The highest BCUT2D eigenvalue weighted by molar-refractivity contribution is 7.12. The molecule has 2 aromatic rings. The Balaban J connectivity index is 1.90. The molecule has 0 fully saturated rings. The molecule has 3 nitrogen and oxygen atoms in total. The van der Waals surface area contributed by atoms with Gasteiger partial charge in [-0.3, -0.25) is 0 Å². The number of rotatable bonds is 3. The standard InChI is InChI=1S/C16H17NO2S/c18-16(19)15-13(8-10-20-15)11-17-9-4-3-6-12-5-1-2-7-14(12)17/h1-2,5,7-8,10H,3-4,6,9,11H2,(H,18,19). The van der Waals surface area contributed by atoms with Crippen molar-refractivity contribution in [3.63, 3.8) is 0 Å². The molecule has 0 spiro atoms. The third-order valence-corrected chi connectivity index (χ3v) is 4.70. The number of carboxylic acids is 1. The van der Waals surface area contributed by atoms with Crippen molar-refractivity contribution in [2.45, 2.75) is 25.8 Å². The van der Waals surface area contributed by atoms with Crippen LogP contribution in [0, 0.1) is 0 Å². The van der Waals surface area contributed by atoms with Gasteiger partial charge in [-0.25, -0.2) is 4.79 Å². The molecule has 1 N–H and O–H groups in total. The van der Waals surface area contributed by atoms with E-state index in [4.69, 9.17) is 0 Å². The summed E-state index contributed by atoms with van der Waals surface area (Å²) in [5, 5.41) is 11.1. The van der Waals surface area contributed by atoms with Gasteiger partial charge in [-0.1, -0.05) is 18.2 Å². The smallest absolute Gasteiger partial charge is 0.346 e. The van der Waals surface area contributed by atoms with Crippen molar-refractivity contribution in [3.8, 4) is 0 Å². The third kappa shape index (κ3) is 2.56. The highest BCUT2D eigenvalue weighted by Crippen LogP contribution is 2.29. The number of nitrogens with zero attached hydrogens (tertiary/aromatic N) is 1. The van der Waals surface area contributed by atoms with Crippen molar-refractivity contribution in [1.29, 1.82) is 0 Å². The van der Waals surface area contributed by atoms with E-state index in [0.717, 1.165) is 24.9 Å². The number of anilines is 1. The molecule has 1 aromatic carbocycles. The van der Waals surface area contributed by atoms with Gasteiger partial charge >= 0.3 is 5.97 Å². The van der Waals surface area contributed by atoms with E-state index in [1.165, 1.54) is 29.0 Å². The van der Waals surface area contributed by atoms with E-state index in [2.05, 4.69) is 29.2 Å². The summed E-state index contributed by atoms with van der Waals surface area (Å²) in [7, 11) is 0. The molecule has 0 bridgehead atoms. The average molecular weight is 287 g/mol. The molecule has 0 amide bonds. The van der Waals surface area contributed by atoms with Crippen LogP contribution in [0.2, 0.25) is 0 Å². The van der Waals surface area contributed by atoms with Crippen LogP contribution in [0.1, 0.15) is 33.6 Å². The Morgan fingerprint density at radius 3 is 2.95 bits per heavy atom. The summed E-state index contributed by atoms with van der Waals surface area (Å²) in [4.78, 5) is 14.0. The zero-order valence-corrected chi connectivity index (χ0v) is 12.0. The Labute approximate surface area is 122 Å². The van der Waals surface area contributed by atoms with Crippen LogP contribution in [0.15, 0.2) is 35.7 Å². The lowest BCUT2D eigenvalue weighted by Gasteiger charge is -2.24. The summed E-state index contributed by atoms with van der Waals surface area (Å²) in [6, 6.07) is 10.4. The first-order chi connectivity index (χ1) is 9.75. The largest absolute Gasteiger partial charge is 0.477 e. The monoisotopic (exact) mass is 287 g/mol. The van der Waals surface area contributed by atoms with E-state index in [1.807, 2.05) is 11.4 Å². The minimum absolute atomic E-state index is 0.465. The van der Waals surface area contributed by atoms with Gasteiger partial charge in [0.1, 0.15) is 4.88 Å². The summed E-state index contributed by atoms with van der Waals surface area (Å²) < 4.78 is 0. The highest BCUT2D eigenvalue weighted by atomic mass is 32.1. The Hall–Kier alpha value is -1.81. The number of aromatic carboxylic acids is 1. The number of para-hydroxylation sites is 1. The molecule has 3 rings (SSSR count). The van der Waals surface area contributed by atoms with Gasteiger partial charge in [0.15, 0.2) is 0 Å². The van der Waals surface area contributed by atoms with Crippen LogP contribution in [0.25, 0.3) is 0 Å². The number of benzene rings is 1. The van der Waals surface area contributed by atoms with Crippen molar-refractivity contribution in [2.24, 2.45) is 0 Å². The number of hydrogen-bond acceptors (Lipinski definition) is 3. The fourth-order valence-electron chi connectivity index (χ4n) is 2.79. The second kappa shape index (κ2) is 5.67. The predicted octanol–water partition coefficient (Wildman–Crippen LogP) is 3.79. The van der Waals surface area contributed by atoms with Gasteiger partial charge in [-0.05, 0) is 47.9 Å². The minimum atomic E-state index is -0.821. The third-order valence-electron chi connectivity index (χ3n) is 3.76. The van der Waals surface area contributed by atoms with E-state index in [-0.39, 0.29) is 0 Å². The number of thiophene rings is 1. The molecule has 1 aliphatic heterocycles. The van der Waals surface area contributed by atoms with E-state index < -0.39 is 5.97 Å². The Morgan fingerprint density at radius 1 is 1.25 bits per heavy atom. The van der Waals surface area contributed by atoms with Gasteiger partial charge < -0.3 is 10.0 Å². The average Bonchev–Trinajstić information content (AvgIpc) is 2.81. The first-order valence-electron chi connectivity index (χ1n) is 6.88. The molecule has 20 heavy (non-hydrogen) atoms. The molecule has 2 heterocycles. The van der Waals surface area contributed by atoms with Crippen LogP contribution < -0.4 is 4.90 Å². The molecule has 0 radical (unpaired) electrons. The van der Waals surface area contributed by atoms with E-state index in [9.17, 15) is 9.90 Å². The number of hydrogen-bond donors (Lipinski definition) is 1. The lowest BCUT2D eigenvalue weighted by atomic mass is 10.1. The van der Waals surface area contributed by atoms with Crippen molar-refractivity contribution in [3.05, 3.63) is 51.7 Å². The van der Waals surface area contributed by atoms with Gasteiger partial charge in [0, 0.05) is 18.8 Å². The summed E-state index contributed by atoms with van der Waals surface area (Å²) in [6.07, 6.45) is 3.46. The van der Waals surface area contributed by atoms with E-state index in [0.29, 0.717) is 11.4 Å². The first-order valence-corrected chi connectivity index (χ1v) is 7.76. The van der Waals surface area contributed by atoms with Crippen LogP contribution in [0.3, 0.4) is 0 Å². The molecular weight excluding hydrogens is 270 g/mol. The van der Waals surface area contributed by atoms with Crippen molar-refractivity contribution < 1.29 is 9.90 Å².